The Kier molecular flexibility index (Phi) is 3.38. The van der Waals surface area contributed by atoms with Gasteiger partial charge in [-0.05, 0) is 6.07 Å². The molecule has 78 valence electrons. The van der Waals surface area contributed by atoms with E-state index < -0.39 is 17.7 Å². The van der Waals surface area contributed by atoms with Gasteiger partial charge >= 0.3 is 0 Å². The maximum atomic E-state index is 12.8. The third-order valence-corrected chi connectivity index (χ3v) is 1.87. The first-order valence-electron chi connectivity index (χ1n) is 3.99. The normalized spacial score (nSPS) is 12.6. The van der Waals surface area contributed by atoms with Gasteiger partial charge in [0.15, 0.2) is 11.6 Å². The van der Waals surface area contributed by atoms with Gasteiger partial charge in [0.1, 0.15) is 5.75 Å². The molecule has 0 aliphatic rings. The summed E-state index contributed by atoms with van der Waals surface area (Å²) < 4.78 is 30.4. The first-order chi connectivity index (χ1) is 6.60. The van der Waals surface area contributed by atoms with Crippen molar-refractivity contribution < 1.29 is 18.6 Å². The van der Waals surface area contributed by atoms with Crippen molar-refractivity contribution in [3.05, 3.63) is 29.3 Å². The molecule has 0 aliphatic heterocycles. The molecule has 0 unspecified atom stereocenters. The molecule has 0 amide bonds. The number of nitrogens with two attached hydrogens (primary N) is 1. The summed E-state index contributed by atoms with van der Waals surface area (Å²) in [5.41, 5.74) is 5.71. The summed E-state index contributed by atoms with van der Waals surface area (Å²) in [5, 5.41) is 8.77. The Bertz CT molecular complexity index is 331. The van der Waals surface area contributed by atoms with E-state index in [1.54, 1.807) is 0 Å². The third-order valence-electron chi connectivity index (χ3n) is 1.87. The van der Waals surface area contributed by atoms with Crippen LogP contribution in [0.4, 0.5) is 8.78 Å². The molecule has 1 aromatic rings. The van der Waals surface area contributed by atoms with Crippen LogP contribution < -0.4 is 10.5 Å². The van der Waals surface area contributed by atoms with Crippen LogP contribution in [0.1, 0.15) is 11.6 Å². The fraction of sp³-hybridized carbons (Fsp3) is 0.333. The minimum atomic E-state index is -1.01. The van der Waals surface area contributed by atoms with Gasteiger partial charge < -0.3 is 15.6 Å². The van der Waals surface area contributed by atoms with Crippen LogP contribution in [-0.2, 0) is 0 Å². The zero-order valence-electron chi connectivity index (χ0n) is 7.63. The first-order valence-corrected chi connectivity index (χ1v) is 3.99. The maximum absolute atomic E-state index is 12.8. The molecule has 0 spiro atoms. The highest BCUT2D eigenvalue weighted by Crippen LogP contribution is 2.26. The van der Waals surface area contributed by atoms with Crippen molar-refractivity contribution in [3.63, 3.8) is 0 Å². The summed E-state index contributed by atoms with van der Waals surface area (Å²) in [4.78, 5) is 0. The topological polar surface area (TPSA) is 55.5 Å². The van der Waals surface area contributed by atoms with Gasteiger partial charge in [-0.3, -0.25) is 0 Å². The minimum Gasteiger partial charge on any atom is -0.496 e. The summed E-state index contributed by atoms with van der Waals surface area (Å²) in [6, 6.07) is 1.05. The quantitative estimate of drug-likeness (QED) is 0.769. The standard InChI is InChI=1S/C9H11F2NO2/c1-14-9-3-7(11)6(10)2-5(9)8(12)4-13/h2-3,8,13H,4,12H2,1H3/t8-/m1/s1. The van der Waals surface area contributed by atoms with Crippen molar-refractivity contribution >= 4 is 0 Å². The molecule has 0 radical (unpaired) electrons. The molecule has 1 atom stereocenters. The van der Waals surface area contributed by atoms with Crippen LogP contribution in [0.15, 0.2) is 12.1 Å². The Hall–Kier alpha value is -1.20. The van der Waals surface area contributed by atoms with E-state index in [1.165, 1.54) is 7.11 Å². The summed E-state index contributed by atoms with van der Waals surface area (Å²) in [6.07, 6.45) is 0. The van der Waals surface area contributed by atoms with Gasteiger partial charge in [-0.1, -0.05) is 0 Å². The van der Waals surface area contributed by atoms with Crippen LogP contribution in [0.5, 0.6) is 5.75 Å². The number of rotatable bonds is 3. The lowest BCUT2D eigenvalue weighted by atomic mass is 10.1. The molecule has 3 nitrogen and oxygen atoms in total. The zero-order valence-corrected chi connectivity index (χ0v) is 7.63. The number of aliphatic hydroxyl groups excluding tert-OH is 1. The van der Waals surface area contributed by atoms with E-state index in [0.717, 1.165) is 12.1 Å². The second-order valence-corrected chi connectivity index (χ2v) is 2.80. The average Bonchev–Trinajstić information content (AvgIpc) is 2.20. The maximum Gasteiger partial charge on any atom is 0.162 e. The summed E-state index contributed by atoms with van der Waals surface area (Å²) in [5.74, 6) is -1.88. The van der Waals surface area contributed by atoms with E-state index in [2.05, 4.69) is 0 Å². The van der Waals surface area contributed by atoms with Crippen LogP contribution in [0.3, 0.4) is 0 Å². The number of ether oxygens (including phenoxy) is 1. The SMILES string of the molecule is COc1cc(F)c(F)cc1[C@H](N)CO. The number of benzene rings is 1. The third kappa shape index (κ3) is 2.00. The number of methoxy groups -OCH3 is 1. The number of halogens is 2. The largest absolute Gasteiger partial charge is 0.496 e. The van der Waals surface area contributed by atoms with Gasteiger partial charge in [0.2, 0.25) is 0 Å². The fourth-order valence-electron chi connectivity index (χ4n) is 1.11. The summed E-state index contributed by atoms with van der Waals surface area (Å²) in [7, 11) is 1.32. The van der Waals surface area contributed by atoms with Crippen molar-refractivity contribution in [1.82, 2.24) is 0 Å². The van der Waals surface area contributed by atoms with Crippen LogP contribution in [0.2, 0.25) is 0 Å². The highest BCUT2D eigenvalue weighted by molar-refractivity contribution is 5.37. The number of hydrogen-bond donors (Lipinski definition) is 2. The van der Waals surface area contributed by atoms with Crippen molar-refractivity contribution in [3.8, 4) is 5.75 Å². The zero-order chi connectivity index (χ0) is 10.7. The number of aliphatic hydroxyl groups is 1. The smallest absolute Gasteiger partial charge is 0.162 e. The van der Waals surface area contributed by atoms with Crippen LogP contribution >= 0.6 is 0 Å². The predicted molar refractivity (Wildman–Crippen MR) is 46.9 cm³/mol. The minimum absolute atomic E-state index is 0.130. The van der Waals surface area contributed by atoms with Gasteiger partial charge in [0.25, 0.3) is 0 Å². The Labute approximate surface area is 80.1 Å². The molecule has 0 heterocycles. The van der Waals surface area contributed by atoms with Crippen molar-refractivity contribution in [2.75, 3.05) is 13.7 Å². The van der Waals surface area contributed by atoms with E-state index in [4.69, 9.17) is 15.6 Å². The van der Waals surface area contributed by atoms with Crippen molar-refractivity contribution in [2.45, 2.75) is 6.04 Å². The molecule has 1 rings (SSSR count). The first kappa shape index (κ1) is 10.9. The summed E-state index contributed by atoms with van der Waals surface area (Å²) >= 11 is 0. The van der Waals surface area contributed by atoms with Gasteiger partial charge in [-0.15, -0.1) is 0 Å². The Balaban J connectivity index is 3.19. The molecule has 5 heteroatoms. The molecule has 0 saturated carbocycles. The van der Waals surface area contributed by atoms with E-state index in [9.17, 15) is 8.78 Å². The monoisotopic (exact) mass is 203 g/mol. The molecule has 0 saturated heterocycles. The Morgan fingerprint density at radius 1 is 1.43 bits per heavy atom. The fourth-order valence-corrected chi connectivity index (χ4v) is 1.11. The molecule has 1 aromatic carbocycles. The van der Waals surface area contributed by atoms with E-state index in [0.29, 0.717) is 0 Å². The summed E-state index contributed by atoms with van der Waals surface area (Å²) in [6.45, 7) is -0.360. The van der Waals surface area contributed by atoms with E-state index >= 15 is 0 Å². The highest BCUT2D eigenvalue weighted by Gasteiger charge is 2.15. The molecule has 0 aliphatic carbocycles. The molecule has 0 bridgehead atoms. The average molecular weight is 203 g/mol. The van der Waals surface area contributed by atoms with E-state index in [-0.39, 0.29) is 17.9 Å². The van der Waals surface area contributed by atoms with Crippen LogP contribution in [0.25, 0.3) is 0 Å². The molecular formula is C9H11F2NO2. The molecule has 0 aromatic heterocycles. The molecular weight excluding hydrogens is 192 g/mol. The van der Waals surface area contributed by atoms with E-state index in [1.807, 2.05) is 0 Å². The number of hydrogen-bond acceptors (Lipinski definition) is 3. The van der Waals surface area contributed by atoms with Crippen molar-refractivity contribution in [2.24, 2.45) is 5.73 Å². The van der Waals surface area contributed by atoms with Gasteiger partial charge in [0, 0.05) is 11.6 Å². The van der Waals surface area contributed by atoms with Crippen LogP contribution in [0, 0.1) is 11.6 Å². The van der Waals surface area contributed by atoms with Gasteiger partial charge in [-0.2, -0.15) is 0 Å². The van der Waals surface area contributed by atoms with Gasteiger partial charge in [0.05, 0.1) is 19.8 Å². The molecule has 14 heavy (non-hydrogen) atoms. The Morgan fingerprint density at radius 3 is 2.50 bits per heavy atom. The second kappa shape index (κ2) is 4.34. The lowest BCUT2D eigenvalue weighted by Gasteiger charge is -2.13. The predicted octanol–water partition coefficient (Wildman–Crippen LogP) is 0.965. The highest BCUT2D eigenvalue weighted by atomic mass is 19.2. The van der Waals surface area contributed by atoms with Crippen molar-refractivity contribution in [1.29, 1.82) is 0 Å². The van der Waals surface area contributed by atoms with Crippen LogP contribution in [-0.4, -0.2) is 18.8 Å². The van der Waals surface area contributed by atoms with Gasteiger partial charge in [-0.25, -0.2) is 8.78 Å². The molecule has 0 fully saturated rings. The molecule has 3 N–H and O–H groups in total. The lowest BCUT2D eigenvalue weighted by Crippen LogP contribution is -2.16. The lowest BCUT2D eigenvalue weighted by molar-refractivity contribution is 0.264. The Morgan fingerprint density at radius 2 is 2.00 bits per heavy atom. The second-order valence-electron chi connectivity index (χ2n) is 2.80.